The van der Waals surface area contributed by atoms with E-state index in [2.05, 4.69) is 29.4 Å². The van der Waals surface area contributed by atoms with Gasteiger partial charge in [0.15, 0.2) is 0 Å². The molecule has 24 heavy (non-hydrogen) atoms. The number of para-hydroxylation sites is 1. The summed E-state index contributed by atoms with van der Waals surface area (Å²) in [5.74, 6) is 0.149. The van der Waals surface area contributed by atoms with Crippen LogP contribution in [0.2, 0.25) is 0 Å². The van der Waals surface area contributed by atoms with Crippen LogP contribution in [0.25, 0.3) is 0 Å². The third-order valence-corrected chi connectivity index (χ3v) is 4.31. The molecule has 2 aromatic carbocycles. The van der Waals surface area contributed by atoms with E-state index in [1.807, 2.05) is 53.4 Å². The summed E-state index contributed by atoms with van der Waals surface area (Å²) in [7, 11) is 2.11. The Hall–Kier alpha value is -2.04. The lowest BCUT2D eigenvalue weighted by molar-refractivity contribution is -0.134. The van der Waals surface area contributed by atoms with Crippen molar-refractivity contribution in [2.45, 2.75) is 6.04 Å². The molecule has 3 rings (SSSR count). The number of nitrogens with one attached hydrogen (secondary N) is 1. The van der Waals surface area contributed by atoms with Crippen molar-refractivity contribution in [1.82, 2.24) is 9.80 Å². The van der Waals surface area contributed by atoms with Gasteiger partial charge in [0.2, 0.25) is 5.91 Å². The van der Waals surface area contributed by atoms with Crippen LogP contribution in [0.4, 0.5) is 5.69 Å². The summed E-state index contributed by atoms with van der Waals surface area (Å²) < 4.78 is 0. The third-order valence-electron chi connectivity index (χ3n) is 4.31. The standard InChI is InChI=1S/C19H23N3O.ClH/c1-21-12-13-22(18(15-21)16-8-4-2-5-9-16)19(23)14-20-17-10-6-3-7-11-17;/h2-11,18,20H,12-15H2,1H3;1H. The monoisotopic (exact) mass is 345 g/mol. The van der Waals surface area contributed by atoms with Gasteiger partial charge in [-0.25, -0.2) is 0 Å². The molecule has 1 N–H and O–H groups in total. The van der Waals surface area contributed by atoms with Gasteiger partial charge in [0.1, 0.15) is 0 Å². The maximum Gasteiger partial charge on any atom is 0.242 e. The van der Waals surface area contributed by atoms with Crippen LogP contribution in [0.5, 0.6) is 0 Å². The maximum atomic E-state index is 12.7. The van der Waals surface area contributed by atoms with E-state index in [9.17, 15) is 4.79 Å². The van der Waals surface area contributed by atoms with Crippen molar-refractivity contribution in [3.63, 3.8) is 0 Å². The average molecular weight is 346 g/mol. The summed E-state index contributed by atoms with van der Waals surface area (Å²) in [4.78, 5) is 17.0. The van der Waals surface area contributed by atoms with Gasteiger partial charge in [-0.1, -0.05) is 48.5 Å². The number of rotatable bonds is 4. The fourth-order valence-corrected chi connectivity index (χ4v) is 3.01. The maximum absolute atomic E-state index is 12.7. The number of halogens is 1. The predicted octanol–water partition coefficient (Wildman–Crippen LogP) is 3.04. The van der Waals surface area contributed by atoms with Gasteiger partial charge >= 0.3 is 0 Å². The number of amides is 1. The van der Waals surface area contributed by atoms with E-state index in [-0.39, 0.29) is 24.4 Å². The molecule has 1 aliphatic rings. The van der Waals surface area contributed by atoms with Crippen LogP contribution < -0.4 is 5.32 Å². The zero-order valence-corrected chi connectivity index (χ0v) is 14.7. The number of piperazine rings is 1. The average Bonchev–Trinajstić information content (AvgIpc) is 2.61. The highest BCUT2D eigenvalue weighted by atomic mass is 35.5. The number of likely N-dealkylation sites (N-methyl/N-ethyl adjacent to an activating group) is 1. The first-order chi connectivity index (χ1) is 11.2. The van der Waals surface area contributed by atoms with Gasteiger partial charge in [-0.15, -0.1) is 12.4 Å². The van der Waals surface area contributed by atoms with Crippen molar-refractivity contribution < 1.29 is 4.79 Å². The molecule has 1 saturated heterocycles. The molecule has 0 radical (unpaired) electrons. The molecule has 2 aromatic rings. The predicted molar refractivity (Wildman–Crippen MR) is 101 cm³/mol. The lowest BCUT2D eigenvalue weighted by Crippen LogP contribution is -2.50. The Morgan fingerprint density at radius 2 is 1.67 bits per heavy atom. The van der Waals surface area contributed by atoms with Crippen LogP contribution in [0.1, 0.15) is 11.6 Å². The highest BCUT2D eigenvalue weighted by molar-refractivity contribution is 5.85. The second-order valence-electron chi connectivity index (χ2n) is 6.00. The normalized spacial score (nSPS) is 17.9. The smallest absolute Gasteiger partial charge is 0.242 e. The molecule has 0 aromatic heterocycles. The lowest BCUT2D eigenvalue weighted by Gasteiger charge is -2.40. The van der Waals surface area contributed by atoms with Crippen LogP contribution in [-0.4, -0.2) is 48.9 Å². The summed E-state index contributed by atoms with van der Waals surface area (Å²) >= 11 is 0. The number of anilines is 1. The minimum absolute atomic E-state index is 0. The largest absolute Gasteiger partial charge is 0.376 e. The van der Waals surface area contributed by atoms with E-state index < -0.39 is 0 Å². The number of benzene rings is 2. The van der Waals surface area contributed by atoms with E-state index in [4.69, 9.17) is 0 Å². The summed E-state index contributed by atoms with van der Waals surface area (Å²) in [6, 6.07) is 20.3. The summed E-state index contributed by atoms with van der Waals surface area (Å²) in [5, 5.41) is 3.22. The first-order valence-corrected chi connectivity index (χ1v) is 8.06. The number of hydrogen-bond donors (Lipinski definition) is 1. The molecule has 1 unspecified atom stereocenters. The van der Waals surface area contributed by atoms with Crippen LogP contribution in [0.3, 0.4) is 0 Å². The highest BCUT2D eigenvalue weighted by Gasteiger charge is 2.29. The topological polar surface area (TPSA) is 35.6 Å². The second kappa shape index (κ2) is 8.71. The Morgan fingerprint density at radius 3 is 2.33 bits per heavy atom. The van der Waals surface area contributed by atoms with Gasteiger partial charge in [-0.05, 0) is 24.7 Å². The minimum atomic E-state index is 0. The molecule has 5 heteroatoms. The Morgan fingerprint density at radius 1 is 1.04 bits per heavy atom. The first-order valence-electron chi connectivity index (χ1n) is 8.06. The molecule has 1 fully saturated rings. The van der Waals surface area contributed by atoms with Crippen LogP contribution in [-0.2, 0) is 4.79 Å². The van der Waals surface area contributed by atoms with E-state index >= 15 is 0 Å². The first kappa shape index (κ1) is 18.3. The molecule has 0 spiro atoms. The van der Waals surface area contributed by atoms with Crippen molar-refractivity contribution in [2.75, 3.05) is 38.5 Å². The van der Waals surface area contributed by atoms with Crippen LogP contribution >= 0.6 is 12.4 Å². The number of carbonyl (C=O) groups excluding carboxylic acids is 1. The van der Waals surface area contributed by atoms with Gasteiger partial charge in [0, 0.05) is 25.3 Å². The number of hydrogen-bond acceptors (Lipinski definition) is 3. The molecule has 1 aliphatic heterocycles. The van der Waals surface area contributed by atoms with Gasteiger partial charge in [-0.2, -0.15) is 0 Å². The van der Waals surface area contributed by atoms with Gasteiger partial charge in [-0.3, -0.25) is 4.79 Å². The Balaban J connectivity index is 0.00000208. The van der Waals surface area contributed by atoms with Crippen LogP contribution in [0.15, 0.2) is 60.7 Å². The second-order valence-corrected chi connectivity index (χ2v) is 6.00. The zero-order valence-electron chi connectivity index (χ0n) is 13.9. The van der Waals surface area contributed by atoms with Gasteiger partial charge < -0.3 is 15.1 Å². The molecule has 1 atom stereocenters. The van der Waals surface area contributed by atoms with E-state index in [0.29, 0.717) is 6.54 Å². The Bertz CT molecular complexity index is 636. The van der Waals surface area contributed by atoms with Crippen molar-refractivity contribution in [3.8, 4) is 0 Å². The number of nitrogens with zero attached hydrogens (tertiary/aromatic N) is 2. The Labute approximate surface area is 149 Å². The molecule has 1 amide bonds. The lowest BCUT2D eigenvalue weighted by atomic mass is 10.0. The number of carbonyl (C=O) groups is 1. The van der Waals surface area contributed by atoms with Crippen LogP contribution in [0, 0.1) is 0 Å². The summed E-state index contributed by atoms with van der Waals surface area (Å²) in [6.45, 7) is 2.89. The molecule has 128 valence electrons. The minimum Gasteiger partial charge on any atom is -0.376 e. The SMILES string of the molecule is CN1CCN(C(=O)CNc2ccccc2)C(c2ccccc2)C1.Cl. The van der Waals surface area contributed by atoms with E-state index in [1.165, 1.54) is 5.56 Å². The molecule has 0 saturated carbocycles. The molecule has 4 nitrogen and oxygen atoms in total. The summed E-state index contributed by atoms with van der Waals surface area (Å²) in [5.41, 5.74) is 2.18. The molecule has 0 aliphatic carbocycles. The fourth-order valence-electron chi connectivity index (χ4n) is 3.01. The fraction of sp³-hybridized carbons (Fsp3) is 0.316. The van der Waals surface area contributed by atoms with E-state index in [1.54, 1.807) is 0 Å². The van der Waals surface area contributed by atoms with Crippen molar-refractivity contribution in [3.05, 3.63) is 66.2 Å². The van der Waals surface area contributed by atoms with Crippen molar-refractivity contribution in [2.24, 2.45) is 0 Å². The third kappa shape index (κ3) is 4.49. The molecule has 1 heterocycles. The van der Waals surface area contributed by atoms with Gasteiger partial charge in [0.05, 0.1) is 12.6 Å². The quantitative estimate of drug-likeness (QED) is 0.925. The summed E-state index contributed by atoms with van der Waals surface area (Å²) in [6.07, 6.45) is 0. The molecule has 0 bridgehead atoms. The van der Waals surface area contributed by atoms with Crippen molar-refractivity contribution in [1.29, 1.82) is 0 Å². The van der Waals surface area contributed by atoms with Gasteiger partial charge in [0.25, 0.3) is 0 Å². The molecular formula is C19H24ClN3O. The Kier molecular flexibility index (Phi) is 6.64. The highest BCUT2D eigenvalue weighted by Crippen LogP contribution is 2.24. The zero-order chi connectivity index (χ0) is 16.1. The van der Waals surface area contributed by atoms with Crippen molar-refractivity contribution >= 4 is 24.0 Å². The molecular weight excluding hydrogens is 322 g/mol. The van der Waals surface area contributed by atoms with E-state index in [0.717, 1.165) is 25.3 Å².